The predicted molar refractivity (Wildman–Crippen MR) is 145 cm³/mol. The summed E-state index contributed by atoms with van der Waals surface area (Å²) in [7, 11) is 0. The Hall–Kier alpha value is -3.20. The van der Waals surface area contributed by atoms with Gasteiger partial charge in [0.25, 0.3) is 0 Å². The summed E-state index contributed by atoms with van der Waals surface area (Å²) >= 11 is 5.77. The molecule has 7 rings (SSSR count). The standard InChI is InChI=1S/C30H17BrS/c31-30-23-11-5-3-9-21(23)28(22-10-4-6-12-24(22)30)19-13-15-25-27(17-19)32-26-16-14-18-7-1-2-8-20(18)29(25)26/h1-17H. The van der Waals surface area contributed by atoms with E-state index in [1.807, 2.05) is 11.3 Å². The van der Waals surface area contributed by atoms with Crippen molar-refractivity contribution in [3.63, 3.8) is 0 Å². The van der Waals surface area contributed by atoms with Crippen LogP contribution in [0.2, 0.25) is 0 Å². The van der Waals surface area contributed by atoms with Crippen LogP contribution in [0.5, 0.6) is 0 Å². The van der Waals surface area contributed by atoms with Crippen LogP contribution in [0.1, 0.15) is 0 Å². The number of benzene rings is 6. The molecule has 0 aliphatic rings. The Morgan fingerprint density at radius 3 is 1.84 bits per heavy atom. The first-order valence-corrected chi connectivity index (χ1v) is 12.3. The van der Waals surface area contributed by atoms with Crippen molar-refractivity contribution in [2.75, 3.05) is 0 Å². The zero-order valence-corrected chi connectivity index (χ0v) is 19.5. The van der Waals surface area contributed by atoms with E-state index in [-0.39, 0.29) is 0 Å². The van der Waals surface area contributed by atoms with Crippen LogP contribution >= 0.6 is 27.3 Å². The van der Waals surface area contributed by atoms with Crippen molar-refractivity contribution in [1.29, 1.82) is 0 Å². The van der Waals surface area contributed by atoms with Gasteiger partial charge in [0, 0.05) is 24.6 Å². The van der Waals surface area contributed by atoms with E-state index < -0.39 is 0 Å². The number of rotatable bonds is 1. The normalized spacial score (nSPS) is 11.9. The van der Waals surface area contributed by atoms with Gasteiger partial charge in [-0.2, -0.15) is 0 Å². The third-order valence-electron chi connectivity index (χ3n) is 6.52. The van der Waals surface area contributed by atoms with E-state index >= 15 is 0 Å². The quantitative estimate of drug-likeness (QED) is 0.201. The highest BCUT2D eigenvalue weighted by atomic mass is 79.9. The molecular weight excluding hydrogens is 472 g/mol. The van der Waals surface area contributed by atoms with Gasteiger partial charge in [-0.05, 0) is 71.5 Å². The largest absolute Gasteiger partial charge is 0.135 e. The molecule has 0 saturated carbocycles. The van der Waals surface area contributed by atoms with E-state index in [2.05, 4.69) is 119 Å². The average Bonchev–Trinajstić information content (AvgIpc) is 3.23. The van der Waals surface area contributed by atoms with Crippen molar-refractivity contribution >= 4 is 79.8 Å². The van der Waals surface area contributed by atoms with E-state index in [9.17, 15) is 0 Å². The molecule has 150 valence electrons. The average molecular weight is 489 g/mol. The van der Waals surface area contributed by atoms with Gasteiger partial charge in [-0.25, -0.2) is 0 Å². The number of hydrogen-bond donors (Lipinski definition) is 0. The Balaban J connectivity index is 1.60. The molecule has 32 heavy (non-hydrogen) atoms. The van der Waals surface area contributed by atoms with Gasteiger partial charge in [0.2, 0.25) is 0 Å². The Labute approximate surface area is 197 Å². The van der Waals surface area contributed by atoms with Crippen molar-refractivity contribution in [3.8, 4) is 11.1 Å². The summed E-state index contributed by atoms with van der Waals surface area (Å²) in [5.74, 6) is 0. The Morgan fingerprint density at radius 2 is 1.12 bits per heavy atom. The van der Waals surface area contributed by atoms with Crippen molar-refractivity contribution < 1.29 is 0 Å². The first kappa shape index (κ1) is 18.4. The number of thiophene rings is 1. The van der Waals surface area contributed by atoms with Crippen LogP contribution in [-0.4, -0.2) is 0 Å². The number of fused-ring (bicyclic) bond motifs is 7. The lowest BCUT2D eigenvalue weighted by Gasteiger charge is -2.14. The van der Waals surface area contributed by atoms with Gasteiger partial charge in [-0.3, -0.25) is 0 Å². The highest BCUT2D eigenvalue weighted by molar-refractivity contribution is 9.10. The van der Waals surface area contributed by atoms with Crippen LogP contribution < -0.4 is 0 Å². The fourth-order valence-electron chi connectivity index (χ4n) is 5.09. The van der Waals surface area contributed by atoms with E-state index in [0.29, 0.717) is 0 Å². The molecule has 6 aromatic carbocycles. The first-order valence-electron chi connectivity index (χ1n) is 10.7. The summed E-state index contributed by atoms with van der Waals surface area (Å²) in [6.45, 7) is 0. The van der Waals surface area contributed by atoms with E-state index in [1.165, 1.54) is 68.1 Å². The van der Waals surface area contributed by atoms with E-state index in [4.69, 9.17) is 0 Å². The van der Waals surface area contributed by atoms with Crippen molar-refractivity contribution in [2.45, 2.75) is 0 Å². The fourth-order valence-corrected chi connectivity index (χ4v) is 6.94. The molecule has 0 N–H and O–H groups in total. The second-order valence-electron chi connectivity index (χ2n) is 8.25. The van der Waals surface area contributed by atoms with Crippen molar-refractivity contribution in [2.24, 2.45) is 0 Å². The molecule has 0 amide bonds. The summed E-state index contributed by atoms with van der Waals surface area (Å²) in [4.78, 5) is 0. The third-order valence-corrected chi connectivity index (χ3v) is 8.49. The topological polar surface area (TPSA) is 0 Å². The molecule has 0 spiro atoms. The van der Waals surface area contributed by atoms with Crippen LogP contribution in [0.3, 0.4) is 0 Å². The molecule has 0 nitrogen and oxygen atoms in total. The highest BCUT2D eigenvalue weighted by Gasteiger charge is 2.15. The summed E-state index contributed by atoms with van der Waals surface area (Å²) in [5, 5.41) is 10.4. The smallest absolute Gasteiger partial charge is 0.0361 e. The Bertz CT molecular complexity index is 1780. The third kappa shape index (κ3) is 2.54. The number of halogens is 1. The molecule has 0 radical (unpaired) electrons. The summed E-state index contributed by atoms with van der Waals surface area (Å²) < 4.78 is 3.85. The lowest BCUT2D eigenvalue weighted by molar-refractivity contribution is 1.71. The zero-order valence-electron chi connectivity index (χ0n) is 17.1. The van der Waals surface area contributed by atoms with E-state index in [1.54, 1.807) is 0 Å². The fraction of sp³-hybridized carbons (Fsp3) is 0. The minimum Gasteiger partial charge on any atom is -0.135 e. The van der Waals surface area contributed by atoms with E-state index in [0.717, 1.165) is 0 Å². The lowest BCUT2D eigenvalue weighted by Crippen LogP contribution is -1.87. The van der Waals surface area contributed by atoms with Gasteiger partial charge in [-0.1, -0.05) is 91.0 Å². The maximum Gasteiger partial charge on any atom is 0.0361 e. The molecule has 1 aromatic heterocycles. The van der Waals surface area contributed by atoms with Crippen molar-refractivity contribution in [1.82, 2.24) is 0 Å². The van der Waals surface area contributed by atoms with Gasteiger partial charge >= 0.3 is 0 Å². The molecule has 1 heterocycles. The molecule has 0 aliphatic heterocycles. The van der Waals surface area contributed by atoms with Gasteiger partial charge in [0.15, 0.2) is 0 Å². The summed E-state index contributed by atoms with van der Waals surface area (Å²) in [6.07, 6.45) is 0. The second-order valence-corrected chi connectivity index (χ2v) is 10.1. The molecule has 0 saturated heterocycles. The van der Waals surface area contributed by atoms with Gasteiger partial charge in [-0.15, -0.1) is 11.3 Å². The first-order chi connectivity index (χ1) is 15.8. The molecule has 0 fully saturated rings. The van der Waals surface area contributed by atoms with Crippen molar-refractivity contribution in [3.05, 3.63) is 108 Å². The SMILES string of the molecule is Brc1c2ccccc2c(-c2ccc3c(c2)sc2ccc4ccccc4c23)c2ccccc12. The molecule has 2 heteroatoms. The molecule has 0 aliphatic carbocycles. The van der Waals surface area contributed by atoms with Gasteiger partial charge in [0.1, 0.15) is 0 Å². The van der Waals surface area contributed by atoms with Crippen LogP contribution in [0, 0.1) is 0 Å². The zero-order chi connectivity index (χ0) is 21.2. The molecule has 0 atom stereocenters. The monoisotopic (exact) mass is 488 g/mol. The summed E-state index contributed by atoms with van der Waals surface area (Å²) in [5.41, 5.74) is 2.58. The van der Waals surface area contributed by atoms with Crippen LogP contribution in [0.25, 0.3) is 63.6 Å². The molecule has 7 aromatic rings. The maximum atomic E-state index is 3.88. The second kappa shape index (κ2) is 6.90. The highest BCUT2D eigenvalue weighted by Crippen LogP contribution is 2.44. The minimum absolute atomic E-state index is 1.17. The van der Waals surface area contributed by atoms with Crippen LogP contribution in [-0.2, 0) is 0 Å². The van der Waals surface area contributed by atoms with Crippen LogP contribution in [0.15, 0.2) is 108 Å². The van der Waals surface area contributed by atoms with Gasteiger partial charge in [0.05, 0.1) is 0 Å². The molecular formula is C30H17BrS. The minimum atomic E-state index is 1.17. The Morgan fingerprint density at radius 1 is 0.500 bits per heavy atom. The van der Waals surface area contributed by atoms with Crippen LogP contribution in [0.4, 0.5) is 0 Å². The summed E-state index contributed by atoms with van der Waals surface area (Å²) in [6, 6.07) is 37.6. The Kier molecular flexibility index (Phi) is 3.96. The number of hydrogen-bond acceptors (Lipinski definition) is 1. The maximum absolute atomic E-state index is 3.88. The van der Waals surface area contributed by atoms with Gasteiger partial charge < -0.3 is 0 Å². The lowest BCUT2D eigenvalue weighted by atomic mass is 9.91. The molecule has 0 bridgehead atoms. The molecule has 0 unspecified atom stereocenters. The predicted octanol–water partition coefficient (Wildman–Crippen LogP) is 9.94.